The van der Waals surface area contributed by atoms with E-state index >= 15 is 0 Å². The first-order chi connectivity index (χ1) is 16.1. The number of ether oxygens (including phenoxy) is 2. The number of fused-ring (bicyclic) bond motifs is 4. The third-order valence-electron chi connectivity index (χ3n) is 12.1. The summed E-state index contributed by atoms with van der Waals surface area (Å²) in [7, 11) is 0. The molecule has 0 radical (unpaired) electrons. The van der Waals surface area contributed by atoms with E-state index in [9.17, 15) is 4.79 Å². The molecule has 1 saturated heterocycles. The van der Waals surface area contributed by atoms with Gasteiger partial charge in [0.1, 0.15) is 11.7 Å². The van der Waals surface area contributed by atoms with Gasteiger partial charge in [-0.15, -0.1) is 0 Å². The Hall–Kier alpha value is -0.830. The van der Waals surface area contributed by atoms with Crippen molar-refractivity contribution in [1.82, 2.24) is 0 Å². The van der Waals surface area contributed by atoms with Crippen LogP contribution >= 0.6 is 0 Å². The first-order valence-corrected chi connectivity index (χ1v) is 14.6. The van der Waals surface area contributed by atoms with Gasteiger partial charge in [0.25, 0.3) is 0 Å². The fraction of sp³-hybridized carbons (Fsp3) is 0.903. The summed E-state index contributed by atoms with van der Waals surface area (Å²) >= 11 is 0. The molecule has 0 aromatic heterocycles. The van der Waals surface area contributed by atoms with E-state index in [4.69, 9.17) is 9.47 Å². The van der Waals surface area contributed by atoms with Crippen molar-refractivity contribution in [3.05, 3.63) is 12.2 Å². The van der Waals surface area contributed by atoms with Gasteiger partial charge in [-0.05, 0) is 98.2 Å². The SMILES string of the molecule is CC[C@H](/C=C/[C@@H](C)[C@H]1CC[C@H]2[C@@H]3C[C@H]4O[C@]45C[C@@H](OC(C)=O)CC[C@]5(C)[C@H]3CC[C@]12C)C(C)C. The molecule has 3 nitrogen and oxygen atoms in total. The molecule has 0 aromatic carbocycles. The van der Waals surface area contributed by atoms with Crippen molar-refractivity contribution in [2.75, 3.05) is 0 Å². The molecule has 1 spiro atoms. The minimum atomic E-state index is -0.136. The molecule has 5 rings (SSSR count). The lowest BCUT2D eigenvalue weighted by Crippen LogP contribution is -2.59. The zero-order chi connectivity index (χ0) is 24.5. The Balaban J connectivity index is 1.32. The summed E-state index contributed by atoms with van der Waals surface area (Å²) in [5.41, 5.74) is 0.721. The fourth-order valence-electron chi connectivity index (χ4n) is 10.2. The molecule has 11 atom stereocenters. The van der Waals surface area contributed by atoms with Crippen LogP contribution < -0.4 is 0 Å². The average Bonchev–Trinajstić information content (AvgIpc) is 3.34. The molecule has 5 fully saturated rings. The molecular formula is C31H50O3. The van der Waals surface area contributed by atoms with E-state index in [1.54, 1.807) is 6.92 Å². The molecule has 0 bridgehead atoms. The zero-order valence-corrected chi connectivity index (χ0v) is 22.9. The number of carbonyl (C=O) groups is 1. The van der Waals surface area contributed by atoms with Gasteiger partial charge < -0.3 is 9.47 Å². The van der Waals surface area contributed by atoms with Crippen LogP contribution in [-0.4, -0.2) is 23.8 Å². The lowest BCUT2D eigenvalue weighted by molar-refractivity contribution is -0.157. The predicted molar refractivity (Wildman–Crippen MR) is 137 cm³/mol. The van der Waals surface area contributed by atoms with Crippen LogP contribution in [0.5, 0.6) is 0 Å². The monoisotopic (exact) mass is 470 g/mol. The van der Waals surface area contributed by atoms with E-state index in [-0.39, 0.29) is 23.1 Å². The normalized spacial score (nSPS) is 49.1. The lowest BCUT2D eigenvalue weighted by atomic mass is 9.44. The smallest absolute Gasteiger partial charge is 0.302 e. The van der Waals surface area contributed by atoms with Crippen molar-refractivity contribution in [2.24, 2.45) is 52.3 Å². The van der Waals surface area contributed by atoms with Crippen LogP contribution in [0.4, 0.5) is 0 Å². The fourth-order valence-corrected chi connectivity index (χ4v) is 10.2. The minimum absolute atomic E-state index is 0.0136. The third kappa shape index (κ3) is 3.65. The molecule has 3 heteroatoms. The first-order valence-electron chi connectivity index (χ1n) is 14.6. The van der Waals surface area contributed by atoms with Crippen LogP contribution in [0.1, 0.15) is 106 Å². The summed E-state index contributed by atoms with van der Waals surface area (Å²) in [6.07, 6.45) is 16.7. The van der Waals surface area contributed by atoms with Gasteiger partial charge in [-0.3, -0.25) is 4.79 Å². The summed E-state index contributed by atoms with van der Waals surface area (Å²) in [6, 6.07) is 0. The van der Waals surface area contributed by atoms with Gasteiger partial charge in [-0.2, -0.15) is 0 Å². The molecule has 4 saturated carbocycles. The summed E-state index contributed by atoms with van der Waals surface area (Å²) in [5, 5.41) is 0. The minimum Gasteiger partial charge on any atom is -0.462 e. The number of allylic oxidation sites excluding steroid dienone is 2. The standard InChI is InChI=1S/C31H50O3/c1-8-22(19(2)3)10-9-20(4)25-11-12-26-24-17-28-31(34-28)18-23(33-21(5)32)13-16-30(31,7)27(24)14-15-29(25,26)6/h9-10,19-20,22-28H,8,11-18H2,1-7H3/b10-9+/t20-,22-,23+,24+,25-,26+,27+,28-,29-,30-,31-/m1/s1. The summed E-state index contributed by atoms with van der Waals surface area (Å²) in [5.74, 6) is 5.24. The number of rotatable bonds is 6. The summed E-state index contributed by atoms with van der Waals surface area (Å²) < 4.78 is 12.3. The Bertz CT molecular complexity index is 817. The molecule has 34 heavy (non-hydrogen) atoms. The maximum absolute atomic E-state index is 11.6. The molecule has 0 N–H and O–H groups in total. The number of carbonyl (C=O) groups excluding carboxylic acids is 1. The largest absolute Gasteiger partial charge is 0.462 e. The lowest BCUT2D eigenvalue weighted by Gasteiger charge is -2.59. The molecule has 0 unspecified atom stereocenters. The highest BCUT2D eigenvalue weighted by molar-refractivity contribution is 5.66. The number of hydrogen-bond acceptors (Lipinski definition) is 3. The van der Waals surface area contributed by atoms with Gasteiger partial charge in [0.15, 0.2) is 0 Å². The van der Waals surface area contributed by atoms with Crippen LogP contribution in [0.25, 0.3) is 0 Å². The topological polar surface area (TPSA) is 38.8 Å². The Morgan fingerprint density at radius 2 is 1.82 bits per heavy atom. The molecule has 192 valence electrons. The average molecular weight is 471 g/mol. The van der Waals surface area contributed by atoms with Crippen LogP contribution in [0, 0.1) is 52.3 Å². The predicted octanol–water partition coefficient (Wildman–Crippen LogP) is 7.58. The maximum atomic E-state index is 11.6. The van der Waals surface area contributed by atoms with Gasteiger partial charge in [0, 0.05) is 18.8 Å². The number of epoxide rings is 1. The van der Waals surface area contributed by atoms with E-state index in [0.29, 0.717) is 23.4 Å². The Kier molecular flexibility index (Phi) is 6.31. The van der Waals surface area contributed by atoms with Crippen LogP contribution in [0.15, 0.2) is 12.2 Å². The van der Waals surface area contributed by atoms with Crippen molar-refractivity contribution in [2.45, 2.75) is 124 Å². The van der Waals surface area contributed by atoms with E-state index in [1.807, 2.05) is 0 Å². The van der Waals surface area contributed by atoms with Gasteiger partial charge in [0.2, 0.25) is 0 Å². The second kappa shape index (κ2) is 8.63. The second-order valence-corrected chi connectivity index (χ2v) is 13.8. The van der Waals surface area contributed by atoms with Crippen LogP contribution in [0.2, 0.25) is 0 Å². The second-order valence-electron chi connectivity index (χ2n) is 13.8. The van der Waals surface area contributed by atoms with Gasteiger partial charge in [-0.25, -0.2) is 0 Å². The quantitative estimate of drug-likeness (QED) is 0.228. The molecule has 0 amide bonds. The molecule has 1 aliphatic heterocycles. The maximum Gasteiger partial charge on any atom is 0.302 e. The zero-order valence-electron chi connectivity index (χ0n) is 22.9. The van der Waals surface area contributed by atoms with Crippen LogP contribution in [-0.2, 0) is 14.3 Å². The van der Waals surface area contributed by atoms with Gasteiger partial charge in [-0.1, -0.05) is 53.7 Å². The molecule has 4 aliphatic carbocycles. The third-order valence-corrected chi connectivity index (χ3v) is 12.1. The highest BCUT2D eigenvalue weighted by atomic mass is 16.6. The molecular weight excluding hydrogens is 420 g/mol. The van der Waals surface area contributed by atoms with Gasteiger partial charge >= 0.3 is 5.97 Å². The molecule has 1 heterocycles. The molecule has 5 aliphatic rings. The van der Waals surface area contributed by atoms with Gasteiger partial charge in [0.05, 0.1) is 6.10 Å². The number of esters is 1. The van der Waals surface area contributed by atoms with Crippen molar-refractivity contribution in [1.29, 1.82) is 0 Å². The van der Waals surface area contributed by atoms with Crippen molar-refractivity contribution in [3.8, 4) is 0 Å². The van der Waals surface area contributed by atoms with Crippen molar-refractivity contribution < 1.29 is 14.3 Å². The van der Waals surface area contributed by atoms with E-state index < -0.39 is 0 Å². The van der Waals surface area contributed by atoms with Crippen molar-refractivity contribution in [3.63, 3.8) is 0 Å². The number of hydrogen-bond donors (Lipinski definition) is 0. The van der Waals surface area contributed by atoms with Crippen molar-refractivity contribution >= 4 is 5.97 Å². The summed E-state index contributed by atoms with van der Waals surface area (Å²) in [4.78, 5) is 11.6. The first kappa shape index (κ1) is 24.8. The summed E-state index contributed by atoms with van der Waals surface area (Å²) in [6.45, 7) is 16.3. The Labute approximate surface area is 208 Å². The van der Waals surface area contributed by atoms with E-state index in [1.165, 1.54) is 38.5 Å². The Morgan fingerprint density at radius 1 is 1.06 bits per heavy atom. The van der Waals surface area contributed by atoms with E-state index in [0.717, 1.165) is 48.9 Å². The molecule has 0 aromatic rings. The van der Waals surface area contributed by atoms with E-state index in [2.05, 4.69) is 53.7 Å². The Morgan fingerprint density at radius 3 is 2.50 bits per heavy atom. The highest BCUT2D eigenvalue weighted by Crippen LogP contribution is 2.74. The highest BCUT2D eigenvalue weighted by Gasteiger charge is 2.76. The van der Waals surface area contributed by atoms with Crippen LogP contribution in [0.3, 0.4) is 0 Å².